The second kappa shape index (κ2) is 6.70. The fourth-order valence-electron chi connectivity index (χ4n) is 2.07. The Hall–Kier alpha value is -2.26. The lowest BCUT2D eigenvalue weighted by Crippen LogP contribution is -2.06. The molecule has 1 aliphatic rings. The quantitative estimate of drug-likeness (QED) is 0.229. The molecule has 0 unspecified atom stereocenters. The number of esters is 1. The molecule has 0 bridgehead atoms. The van der Waals surface area contributed by atoms with Crippen LogP contribution in [0.4, 0.5) is 5.69 Å². The van der Waals surface area contributed by atoms with Crippen molar-refractivity contribution in [2.75, 3.05) is 0 Å². The number of nitro groups is 1. The number of carbonyl (C=O) groups excluding carboxylic acids is 1. The Morgan fingerprint density at radius 3 is 2.75 bits per heavy atom. The first-order valence-corrected chi connectivity index (χ1v) is 8.12. The molecule has 0 fully saturated rings. The minimum Gasteiger partial charge on any atom is -0.402 e. The van der Waals surface area contributed by atoms with Crippen LogP contribution in [0.3, 0.4) is 0 Å². The summed E-state index contributed by atoms with van der Waals surface area (Å²) < 4.78 is 6.13. The number of carbonyl (C=O) groups is 1. The molecule has 1 aliphatic heterocycles. The van der Waals surface area contributed by atoms with Gasteiger partial charge < -0.3 is 4.74 Å². The van der Waals surface area contributed by atoms with Gasteiger partial charge in [-0.25, -0.2) is 9.79 Å². The average Bonchev–Trinajstić information content (AvgIpc) is 2.88. The van der Waals surface area contributed by atoms with E-state index in [2.05, 4.69) is 27.6 Å². The second-order valence-corrected chi connectivity index (χ2v) is 6.47. The number of hydrogen-bond donors (Lipinski definition) is 0. The lowest BCUT2D eigenvalue weighted by atomic mass is 10.2. The summed E-state index contributed by atoms with van der Waals surface area (Å²) in [6, 6.07) is 11.4. The summed E-state index contributed by atoms with van der Waals surface area (Å²) in [6.45, 7) is 0. The van der Waals surface area contributed by atoms with Crippen molar-refractivity contribution in [3.8, 4) is 0 Å². The summed E-state index contributed by atoms with van der Waals surface area (Å²) in [5.74, 6) is -0.683. The molecule has 2 aromatic rings. The number of non-ortho nitro benzene ring substituents is 1. The van der Waals surface area contributed by atoms with E-state index in [0.29, 0.717) is 0 Å². The van der Waals surface area contributed by atoms with E-state index >= 15 is 0 Å². The standard InChI is InChI=1S/C16H8ClIN2O4/c17-13-5-4-11(20(22)23)8-12(13)15-19-14(16(21)24-15)7-9-2-1-3-10(18)6-9/h1-8H/b14-7+. The van der Waals surface area contributed by atoms with Gasteiger partial charge in [0.05, 0.1) is 15.5 Å². The molecule has 0 atom stereocenters. The number of cyclic esters (lactones) is 1. The number of hydrogen-bond acceptors (Lipinski definition) is 5. The summed E-state index contributed by atoms with van der Waals surface area (Å²) in [5.41, 5.74) is 0.937. The maximum atomic E-state index is 12.0. The minimum absolute atomic E-state index is 0.0504. The van der Waals surface area contributed by atoms with E-state index in [4.69, 9.17) is 16.3 Å². The van der Waals surface area contributed by atoms with Gasteiger partial charge in [-0.2, -0.15) is 0 Å². The highest BCUT2D eigenvalue weighted by molar-refractivity contribution is 14.1. The van der Waals surface area contributed by atoms with Crippen LogP contribution in [0.5, 0.6) is 0 Å². The average molecular weight is 455 g/mol. The van der Waals surface area contributed by atoms with Crippen molar-refractivity contribution in [3.05, 3.63) is 78.0 Å². The molecule has 0 N–H and O–H groups in total. The number of halogens is 2. The molecule has 0 aromatic heterocycles. The first-order valence-electron chi connectivity index (χ1n) is 6.66. The molecule has 0 aliphatic carbocycles. The Balaban J connectivity index is 2.01. The van der Waals surface area contributed by atoms with Crippen LogP contribution in [-0.4, -0.2) is 16.8 Å². The number of rotatable bonds is 3. The second-order valence-electron chi connectivity index (χ2n) is 4.81. The van der Waals surface area contributed by atoms with Crippen LogP contribution < -0.4 is 0 Å². The Labute approximate surface area is 155 Å². The van der Waals surface area contributed by atoms with Crippen LogP contribution >= 0.6 is 34.2 Å². The maximum Gasteiger partial charge on any atom is 0.363 e. The topological polar surface area (TPSA) is 81.8 Å². The zero-order valence-electron chi connectivity index (χ0n) is 11.9. The molecular weight excluding hydrogens is 447 g/mol. The third kappa shape index (κ3) is 3.46. The summed E-state index contributed by atoms with van der Waals surface area (Å²) in [6.07, 6.45) is 1.59. The molecule has 0 saturated carbocycles. The van der Waals surface area contributed by atoms with Gasteiger partial charge in [-0.3, -0.25) is 10.1 Å². The molecule has 1 heterocycles. The maximum absolute atomic E-state index is 12.0. The largest absolute Gasteiger partial charge is 0.402 e. The smallest absolute Gasteiger partial charge is 0.363 e. The van der Waals surface area contributed by atoms with Crippen molar-refractivity contribution in [2.45, 2.75) is 0 Å². The number of nitrogens with zero attached hydrogens (tertiary/aromatic N) is 2. The van der Waals surface area contributed by atoms with Crippen LogP contribution in [0, 0.1) is 13.7 Å². The van der Waals surface area contributed by atoms with Crippen molar-refractivity contribution in [1.82, 2.24) is 0 Å². The van der Waals surface area contributed by atoms with Crippen molar-refractivity contribution in [3.63, 3.8) is 0 Å². The van der Waals surface area contributed by atoms with Crippen LogP contribution in [0.2, 0.25) is 5.02 Å². The first-order chi connectivity index (χ1) is 11.4. The van der Waals surface area contributed by atoms with E-state index in [-0.39, 0.29) is 27.9 Å². The molecule has 24 heavy (non-hydrogen) atoms. The van der Waals surface area contributed by atoms with E-state index in [1.54, 1.807) is 6.08 Å². The lowest BCUT2D eigenvalue weighted by molar-refractivity contribution is -0.384. The molecule has 2 aromatic carbocycles. The van der Waals surface area contributed by atoms with E-state index in [1.807, 2.05) is 24.3 Å². The Morgan fingerprint density at radius 2 is 2.04 bits per heavy atom. The summed E-state index contributed by atoms with van der Waals surface area (Å²) in [7, 11) is 0. The highest BCUT2D eigenvalue weighted by Gasteiger charge is 2.27. The SMILES string of the molecule is O=C1OC(c2cc([N+](=O)[O-])ccc2Cl)=N/C1=C/c1cccc(I)c1. The minimum atomic E-state index is -0.633. The molecule has 3 rings (SSSR count). The van der Waals surface area contributed by atoms with Crippen LogP contribution in [0.15, 0.2) is 53.2 Å². The highest BCUT2D eigenvalue weighted by atomic mass is 127. The van der Waals surface area contributed by atoms with Gasteiger partial charge in [0.1, 0.15) is 0 Å². The van der Waals surface area contributed by atoms with Crippen molar-refractivity contribution >= 4 is 57.8 Å². The van der Waals surface area contributed by atoms with Gasteiger partial charge in [0, 0.05) is 15.7 Å². The molecule has 0 spiro atoms. The fraction of sp³-hybridized carbons (Fsp3) is 0. The molecule has 0 radical (unpaired) electrons. The molecule has 0 saturated heterocycles. The van der Waals surface area contributed by atoms with Crippen LogP contribution in [-0.2, 0) is 9.53 Å². The fourth-order valence-corrected chi connectivity index (χ4v) is 2.83. The van der Waals surface area contributed by atoms with Crippen molar-refractivity contribution in [1.29, 1.82) is 0 Å². The zero-order chi connectivity index (χ0) is 17.3. The van der Waals surface area contributed by atoms with Gasteiger partial charge in [0.15, 0.2) is 5.70 Å². The summed E-state index contributed by atoms with van der Waals surface area (Å²) in [4.78, 5) is 26.4. The van der Waals surface area contributed by atoms with Crippen LogP contribution in [0.25, 0.3) is 6.08 Å². The number of nitro benzene ring substituents is 1. The van der Waals surface area contributed by atoms with E-state index in [1.165, 1.54) is 18.2 Å². The van der Waals surface area contributed by atoms with E-state index < -0.39 is 10.9 Å². The Morgan fingerprint density at radius 1 is 1.25 bits per heavy atom. The highest BCUT2D eigenvalue weighted by Crippen LogP contribution is 2.27. The predicted octanol–water partition coefficient (Wildman–Crippen LogP) is 4.20. The molecule has 8 heteroatoms. The van der Waals surface area contributed by atoms with Crippen LogP contribution in [0.1, 0.15) is 11.1 Å². The Kier molecular flexibility index (Phi) is 4.63. The normalized spacial score (nSPS) is 15.3. The van der Waals surface area contributed by atoms with Crippen molar-refractivity contribution < 1.29 is 14.5 Å². The summed E-state index contributed by atoms with van der Waals surface area (Å²) >= 11 is 8.20. The number of ether oxygens (including phenoxy) is 1. The molecule has 120 valence electrons. The van der Waals surface area contributed by atoms with Crippen molar-refractivity contribution in [2.24, 2.45) is 4.99 Å². The van der Waals surface area contributed by atoms with Gasteiger partial charge in [0.2, 0.25) is 5.90 Å². The van der Waals surface area contributed by atoms with Gasteiger partial charge in [-0.15, -0.1) is 0 Å². The van der Waals surface area contributed by atoms with Gasteiger partial charge in [-0.1, -0.05) is 23.7 Å². The third-order valence-electron chi connectivity index (χ3n) is 3.16. The monoisotopic (exact) mass is 454 g/mol. The van der Waals surface area contributed by atoms with Gasteiger partial charge >= 0.3 is 5.97 Å². The Bertz CT molecular complexity index is 924. The third-order valence-corrected chi connectivity index (χ3v) is 4.16. The molecule has 6 nitrogen and oxygen atoms in total. The van der Waals surface area contributed by atoms with Gasteiger partial charge in [0.25, 0.3) is 5.69 Å². The molecular formula is C16H8ClIN2O4. The van der Waals surface area contributed by atoms with E-state index in [9.17, 15) is 14.9 Å². The predicted molar refractivity (Wildman–Crippen MR) is 97.9 cm³/mol. The number of benzene rings is 2. The number of aliphatic imine (C=N–C) groups is 1. The lowest BCUT2D eigenvalue weighted by Gasteiger charge is -2.02. The summed E-state index contributed by atoms with van der Waals surface area (Å²) in [5, 5.41) is 11.1. The molecule has 0 amide bonds. The van der Waals surface area contributed by atoms with E-state index in [0.717, 1.165) is 9.13 Å². The first kappa shape index (κ1) is 16.6. The zero-order valence-corrected chi connectivity index (χ0v) is 14.8. The van der Waals surface area contributed by atoms with Gasteiger partial charge in [-0.05, 0) is 52.4 Å².